The van der Waals surface area contributed by atoms with Crippen LogP contribution >= 0.6 is 15.9 Å². The first-order valence-corrected chi connectivity index (χ1v) is 6.40. The quantitative estimate of drug-likeness (QED) is 0.484. The zero-order chi connectivity index (χ0) is 13.0. The number of hydrogen-bond acceptors (Lipinski definition) is 1. The lowest BCUT2D eigenvalue weighted by Crippen LogP contribution is -2.25. The first kappa shape index (κ1) is 12.7. The average Bonchev–Trinajstić information content (AvgIpc) is 2.37. The Hall–Kier alpha value is -1.74. The lowest BCUT2D eigenvalue weighted by Gasteiger charge is -1.95. The van der Waals surface area contributed by atoms with Crippen LogP contribution in [-0.4, -0.2) is 5.78 Å². The summed E-state index contributed by atoms with van der Waals surface area (Å²) in [6.45, 7) is 2.01. The van der Waals surface area contributed by atoms with Gasteiger partial charge in [0.25, 0.3) is 0 Å². The van der Waals surface area contributed by atoms with Gasteiger partial charge < -0.3 is 0 Å². The van der Waals surface area contributed by atoms with E-state index in [-0.39, 0.29) is 5.78 Å². The summed E-state index contributed by atoms with van der Waals surface area (Å²) in [5.41, 5.74) is 1.83. The van der Waals surface area contributed by atoms with E-state index >= 15 is 0 Å². The lowest BCUT2D eigenvalue weighted by molar-refractivity contribution is -0.568. The molecule has 0 N–H and O–H groups in total. The number of aryl methyl sites for hydroxylation is 1. The van der Waals surface area contributed by atoms with Crippen molar-refractivity contribution < 1.29 is 9.36 Å². The maximum absolute atomic E-state index is 11.9. The lowest BCUT2D eigenvalue weighted by atomic mass is 10.1. The van der Waals surface area contributed by atoms with Crippen molar-refractivity contribution in [3.63, 3.8) is 0 Å². The number of carbonyl (C=O) groups is 1. The number of hydrogen-bond donors (Lipinski definition) is 0. The molecular formula is C15H13BrNO+. The molecule has 3 heteroatoms. The molecule has 0 spiro atoms. The Labute approximate surface area is 115 Å². The van der Waals surface area contributed by atoms with Gasteiger partial charge in [-0.25, -0.2) is 0 Å². The van der Waals surface area contributed by atoms with Gasteiger partial charge in [-0.3, -0.25) is 4.79 Å². The van der Waals surface area contributed by atoms with Crippen LogP contribution in [0.4, 0.5) is 0 Å². The third-order valence-corrected chi connectivity index (χ3v) is 3.03. The van der Waals surface area contributed by atoms with E-state index in [1.807, 2.05) is 48.1 Å². The third-order valence-electron chi connectivity index (χ3n) is 2.50. The van der Waals surface area contributed by atoms with Crippen LogP contribution in [0.3, 0.4) is 0 Å². The van der Waals surface area contributed by atoms with Gasteiger partial charge in [0, 0.05) is 21.7 Å². The molecule has 0 radical (unpaired) electrons. The molecular weight excluding hydrogens is 290 g/mol. The fraction of sp³-hybridized carbons (Fsp3) is 0.0667. The van der Waals surface area contributed by atoms with Crippen LogP contribution in [0.2, 0.25) is 0 Å². The summed E-state index contributed by atoms with van der Waals surface area (Å²) in [5, 5.41) is 0. The molecule has 0 saturated carbocycles. The van der Waals surface area contributed by atoms with Crippen LogP contribution in [0.5, 0.6) is 0 Å². The molecule has 2 rings (SSSR count). The molecule has 1 aromatic heterocycles. The van der Waals surface area contributed by atoms with Gasteiger partial charge in [-0.15, -0.1) is 0 Å². The second-order valence-electron chi connectivity index (χ2n) is 4.02. The second-order valence-corrected chi connectivity index (χ2v) is 4.93. The topological polar surface area (TPSA) is 20.9 Å². The minimum absolute atomic E-state index is 0.00324. The Morgan fingerprint density at radius 1 is 1.22 bits per heavy atom. The number of pyridine rings is 1. The monoisotopic (exact) mass is 302 g/mol. The Morgan fingerprint density at radius 2 is 1.94 bits per heavy atom. The van der Waals surface area contributed by atoms with Gasteiger partial charge in [0.05, 0.1) is 6.08 Å². The molecule has 0 amide bonds. The predicted molar refractivity (Wildman–Crippen MR) is 75.2 cm³/mol. The van der Waals surface area contributed by atoms with E-state index in [1.54, 1.807) is 24.4 Å². The number of halogens is 1. The normalized spacial score (nSPS) is 10.8. The van der Waals surface area contributed by atoms with Gasteiger partial charge in [0.2, 0.25) is 0 Å². The third kappa shape index (κ3) is 3.37. The van der Waals surface area contributed by atoms with Gasteiger partial charge in [0.15, 0.2) is 24.4 Å². The fourth-order valence-corrected chi connectivity index (χ4v) is 1.84. The van der Waals surface area contributed by atoms with E-state index in [2.05, 4.69) is 15.9 Å². The molecule has 0 aliphatic heterocycles. The molecule has 1 heterocycles. The Morgan fingerprint density at radius 3 is 2.61 bits per heavy atom. The molecule has 0 atom stereocenters. The SMILES string of the molecule is Cc1ccc[n+](/C=C/C(=O)c2ccc(Br)cc2)c1. The minimum atomic E-state index is -0.00324. The second kappa shape index (κ2) is 5.74. The highest BCUT2D eigenvalue weighted by Gasteiger charge is 2.03. The van der Waals surface area contributed by atoms with Gasteiger partial charge >= 0.3 is 0 Å². The number of benzene rings is 1. The Bertz CT molecular complexity index is 588. The number of carbonyl (C=O) groups excluding carboxylic acids is 1. The van der Waals surface area contributed by atoms with Crippen LogP contribution in [0.1, 0.15) is 15.9 Å². The van der Waals surface area contributed by atoms with Crippen LogP contribution < -0.4 is 4.57 Å². The van der Waals surface area contributed by atoms with Crippen LogP contribution in [0.15, 0.2) is 59.3 Å². The maximum Gasteiger partial charge on any atom is 0.191 e. The largest absolute Gasteiger partial charge is 0.289 e. The standard InChI is InChI=1S/C15H13BrNO/c1-12-3-2-9-17(11-12)10-8-15(18)13-4-6-14(16)7-5-13/h2-11H,1H3/q+1/b10-8+. The molecule has 0 fully saturated rings. The first-order valence-electron chi connectivity index (χ1n) is 5.61. The van der Waals surface area contributed by atoms with Crippen LogP contribution in [0, 0.1) is 6.92 Å². The van der Waals surface area contributed by atoms with Crippen molar-refractivity contribution in [1.82, 2.24) is 0 Å². The van der Waals surface area contributed by atoms with Crippen molar-refractivity contribution >= 4 is 27.9 Å². The summed E-state index contributed by atoms with van der Waals surface area (Å²) in [5.74, 6) is -0.00324. The summed E-state index contributed by atoms with van der Waals surface area (Å²) in [6, 6.07) is 11.3. The zero-order valence-electron chi connectivity index (χ0n) is 10.0. The number of ketones is 1. The Balaban J connectivity index is 2.14. The van der Waals surface area contributed by atoms with E-state index in [0.29, 0.717) is 5.56 Å². The highest BCUT2D eigenvalue weighted by Crippen LogP contribution is 2.11. The average molecular weight is 303 g/mol. The maximum atomic E-state index is 11.9. The zero-order valence-corrected chi connectivity index (χ0v) is 11.6. The molecule has 2 nitrogen and oxygen atoms in total. The molecule has 1 aromatic carbocycles. The van der Waals surface area contributed by atoms with Crippen molar-refractivity contribution in [3.05, 3.63) is 70.5 Å². The van der Waals surface area contributed by atoms with Gasteiger partial charge in [0.1, 0.15) is 0 Å². The molecule has 18 heavy (non-hydrogen) atoms. The molecule has 0 saturated heterocycles. The van der Waals surface area contributed by atoms with Crippen molar-refractivity contribution in [1.29, 1.82) is 0 Å². The van der Waals surface area contributed by atoms with Crippen molar-refractivity contribution in [2.24, 2.45) is 0 Å². The smallest absolute Gasteiger partial charge is 0.191 e. The van der Waals surface area contributed by atoms with Gasteiger partial charge in [-0.05, 0) is 37.3 Å². The summed E-state index contributed by atoms with van der Waals surface area (Å²) >= 11 is 3.34. The molecule has 0 aliphatic carbocycles. The van der Waals surface area contributed by atoms with Crippen molar-refractivity contribution in [2.75, 3.05) is 0 Å². The van der Waals surface area contributed by atoms with Crippen LogP contribution in [0.25, 0.3) is 6.20 Å². The number of aromatic nitrogens is 1. The highest BCUT2D eigenvalue weighted by atomic mass is 79.9. The van der Waals surface area contributed by atoms with Crippen molar-refractivity contribution in [3.8, 4) is 0 Å². The van der Waals surface area contributed by atoms with E-state index in [4.69, 9.17) is 0 Å². The Kier molecular flexibility index (Phi) is 4.05. The summed E-state index contributed by atoms with van der Waals surface area (Å²) in [7, 11) is 0. The number of allylic oxidation sites excluding steroid dienone is 1. The molecule has 0 unspecified atom stereocenters. The van der Waals surface area contributed by atoms with E-state index in [1.165, 1.54) is 0 Å². The predicted octanol–water partition coefficient (Wildman–Crippen LogP) is 3.40. The van der Waals surface area contributed by atoms with Crippen molar-refractivity contribution in [2.45, 2.75) is 6.92 Å². The molecule has 2 aromatic rings. The first-order chi connectivity index (χ1) is 8.65. The van der Waals surface area contributed by atoms with E-state index in [0.717, 1.165) is 10.0 Å². The minimum Gasteiger partial charge on any atom is -0.289 e. The number of rotatable bonds is 3. The van der Waals surface area contributed by atoms with Gasteiger partial charge in [-0.2, -0.15) is 4.57 Å². The van der Waals surface area contributed by atoms with Crippen LogP contribution in [-0.2, 0) is 0 Å². The highest BCUT2D eigenvalue weighted by molar-refractivity contribution is 9.10. The molecule has 90 valence electrons. The summed E-state index contributed by atoms with van der Waals surface area (Å²) < 4.78 is 2.84. The summed E-state index contributed by atoms with van der Waals surface area (Å²) in [4.78, 5) is 11.9. The van der Waals surface area contributed by atoms with E-state index in [9.17, 15) is 4.79 Å². The molecule has 0 aliphatic rings. The molecule has 0 bridgehead atoms. The van der Waals surface area contributed by atoms with Gasteiger partial charge in [-0.1, -0.05) is 15.9 Å². The number of nitrogens with zero attached hydrogens (tertiary/aromatic N) is 1. The fourth-order valence-electron chi connectivity index (χ4n) is 1.57. The summed E-state index contributed by atoms with van der Waals surface area (Å²) in [6.07, 6.45) is 7.20. The van der Waals surface area contributed by atoms with E-state index < -0.39 is 0 Å².